The Morgan fingerprint density at radius 3 is 2.50 bits per heavy atom. The van der Waals surface area contributed by atoms with Crippen LogP contribution in [0.25, 0.3) is 0 Å². The van der Waals surface area contributed by atoms with Gasteiger partial charge in [0.1, 0.15) is 11.6 Å². The summed E-state index contributed by atoms with van der Waals surface area (Å²) in [6.07, 6.45) is 1.51. The summed E-state index contributed by atoms with van der Waals surface area (Å²) in [5.41, 5.74) is -0.00735. The standard InChI is InChI=1S/C14H19FN4O/c1-9(2)13-17-18(14(20)19(13)10(3)4)8-12-11(15)6-5-7-16-12/h5-7,9-10H,8H2,1-4H3. The van der Waals surface area contributed by atoms with Gasteiger partial charge in [0.2, 0.25) is 0 Å². The highest BCUT2D eigenvalue weighted by atomic mass is 19.1. The van der Waals surface area contributed by atoms with E-state index in [9.17, 15) is 9.18 Å². The van der Waals surface area contributed by atoms with E-state index < -0.39 is 5.82 Å². The van der Waals surface area contributed by atoms with Gasteiger partial charge in [-0.2, -0.15) is 5.10 Å². The Balaban J connectivity index is 2.46. The Bertz CT molecular complexity index is 657. The average molecular weight is 278 g/mol. The highest BCUT2D eigenvalue weighted by Crippen LogP contribution is 2.14. The lowest BCUT2D eigenvalue weighted by Crippen LogP contribution is -2.27. The lowest BCUT2D eigenvalue weighted by atomic mass is 10.2. The third kappa shape index (κ3) is 2.64. The zero-order valence-corrected chi connectivity index (χ0v) is 12.2. The van der Waals surface area contributed by atoms with Crippen LogP contribution in [0.2, 0.25) is 0 Å². The van der Waals surface area contributed by atoms with E-state index in [4.69, 9.17) is 0 Å². The van der Waals surface area contributed by atoms with Gasteiger partial charge in [-0.3, -0.25) is 9.55 Å². The van der Waals surface area contributed by atoms with Crippen LogP contribution in [0.5, 0.6) is 0 Å². The number of nitrogens with zero attached hydrogens (tertiary/aromatic N) is 4. The first-order valence-electron chi connectivity index (χ1n) is 6.70. The topological polar surface area (TPSA) is 52.7 Å². The molecule has 0 atom stereocenters. The Morgan fingerprint density at radius 2 is 2.00 bits per heavy atom. The minimum atomic E-state index is -0.426. The first-order valence-corrected chi connectivity index (χ1v) is 6.70. The first-order chi connectivity index (χ1) is 9.41. The molecular weight excluding hydrogens is 259 g/mol. The van der Waals surface area contributed by atoms with E-state index in [0.29, 0.717) is 5.82 Å². The van der Waals surface area contributed by atoms with Gasteiger partial charge in [0.25, 0.3) is 0 Å². The van der Waals surface area contributed by atoms with Gasteiger partial charge in [0.15, 0.2) is 0 Å². The first kappa shape index (κ1) is 14.4. The normalized spacial score (nSPS) is 11.6. The van der Waals surface area contributed by atoms with E-state index in [0.717, 1.165) is 0 Å². The van der Waals surface area contributed by atoms with Crippen molar-refractivity contribution in [3.63, 3.8) is 0 Å². The predicted molar refractivity (Wildman–Crippen MR) is 74.3 cm³/mol. The number of halogens is 1. The summed E-state index contributed by atoms with van der Waals surface area (Å²) in [5.74, 6) is 0.408. The van der Waals surface area contributed by atoms with Crippen LogP contribution in [-0.4, -0.2) is 19.3 Å². The molecule has 6 heteroatoms. The van der Waals surface area contributed by atoms with Crippen LogP contribution in [0.15, 0.2) is 23.1 Å². The largest absolute Gasteiger partial charge is 0.346 e. The molecule has 0 aliphatic rings. The van der Waals surface area contributed by atoms with Crippen molar-refractivity contribution in [3.05, 3.63) is 46.1 Å². The van der Waals surface area contributed by atoms with Crippen molar-refractivity contribution in [2.45, 2.75) is 46.2 Å². The molecule has 0 N–H and O–H groups in total. The molecule has 2 aromatic heterocycles. The van der Waals surface area contributed by atoms with Gasteiger partial charge in [-0.05, 0) is 26.0 Å². The van der Waals surface area contributed by atoms with Gasteiger partial charge in [-0.15, -0.1) is 0 Å². The second-order valence-corrected chi connectivity index (χ2v) is 5.35. The minimum absolute atomic E-state index is 0.0160. The Hall–Kier alpha value is -1.98. The highest BCUT2D eigenvalue weighted by molar-refractivity contribution is 5.07. The summed E-state index contributed by atoms with van der Waals surface area (Å²) in [6.45, 7) is 7.87. The second-order valence-electron chi connectivity index (χ2n) is 5.35. The van der Waals surface area contributed by atoms with Gasteiger partial charge in [0, 0.05) is 18.2 Å². The molecule has 2 rings (SSSR count). The van der Waals surface area contributed by atoms with Gasteiger partial charge < -0.3 is 0 Å². The third-order valence-electron chi connectivity index (χ3n) is 3.06. The molecule has 2 heterocycles. The maximum atomic E-state index is 13.6. The van der Waals surface area contributed by atoms with Gasteiger partial charge in [0.05, 0.1) is 12.2 Å². The van der Waals surface area contributed by atoms with E-state index in [1.165, 1.54) is 23.0 Å². The lowest BCUT2D eigenvalue weighted by molar-refractivity contribution is 0.526. The fourth-order valence-corrected chi connectivity index (χ4v) is 2.10. The summed E-state index contributed by atoms with van der Waals surface area (Å²) in [5, 5.41) is 4.33. The predicted octanol–water partition coefficient (Wildman–Crippen LogP) is 2.33. The van der Waals surface area contributed by atoms with Crippen molar-refractivity contribution in [2.75, 3.05) is 0 Å². The van der Waals surface area contributed by atoms with Crippen molar-refractivity contribution in [1.29, 1.82) is 0 Å². The molecule has 108 valence electrons. The fourth-order valence-electron chi connectivity index (χ4n) is 2.10. The van der Waals surface area contributed by atoms with E-state index in [-0.39, 0.29) is 29.9 Å². The van der Waals surface area contributed by atoms with Crippen LogP contribution in [-0.2, 0) is 6.54 Å². The third-order valence-corrected chi connectivity index (χ3v) is 3.06. The Kier molecular flexibility index (Phi) is 4.01. The van der Waals surface area contributed by atoms with Gasteiger partial charge >= 0.3 is 5.69 Å². The molecule has 5 nitrogen and oxygen atoms in total. The van der Waals surface area contributed by atoms with Crippen molar-refractivity contribution >= 4 is 0 Å². The molecule has 0 amide bonds. The van der Waals surface area contributed by atoms with Crippen LogP contribution in [0.4, 0.5) is 4.39 Å². The highest BCUT2D eigenvalue weighted by Gasteiger charge is 2.19. The van der Waals surface area contributed by atoms with Crippen LogP contribution < -0.4 is 5.69 Å². The number of hydrogen-bond acceptors (Lipinski definition) is 3. The maximum absolute atomic E-state index is 13.6. The molecule has 0 aliphatic carbocycles. The quantitative estimate of drug-likeness (QED) is 0.862. The number of aromatic nitrogens is 4. The summed E-state index contributed by atoms with van der Waals surface area (Å²) >= 11 is 0. The molecule has 0 saturated carbocycles. The SMILES string of the molecule is CC(C)c1nn(Cc2ncccc2F)c(=O)n1C(C)C. The van der Waals surface area contributed by atoms with Gasteiger partial charge in [-0.25, -0.2) is 13.9 Å². The summed E-state index contributed by atoms with van der Waals surface area (Å²) in [7, 11) is 0. The van der Waals surface area contributed by atoms with Gasteiger partial charge in [-0.1, -0.05) is 13.8 Å². The zero-order chi connectivity index (χ0) is 14.9. The van der Waals surface area contributed by atoms with Crippen molar-refractivity contribution in [3.8, 4) is 0 Å². The molecule has 20 heavy (non-hydrogen) atoms. The molecule has 2 aromatic rings. The van der Waals surface area contributed by atoms with E-state index in [1.807, 2.05) is 27.7 Å². The molecule has 0 radical (unpaired) electrons. The second kappa shape index (κ2) is 5.56. The summed E-state index contributed by atoms with van der Waals surface area (Å²) < 4.78 is 16.5. The molecule has 0 aromatic carbocycles. The molecule has 0 saturated heterocycles. The smallest absolute Gasteiger partial charge is 0.276 e. The zero-order valence-electron chi connectivity index (χ0n) is 12.2. The molecular formula is C14H19FN4O. The Labute approximate surface area is 117 Å². The van der Waals surface area contributed by atoms with E-state index in [2.05, 4.69) is 10.1 Å². The van der Waals surface area contributed by atoms with Crippen molar-refractivity contribution < 1.29 is 4.39 Å². The Morgan fingerprint density at radius 1 is 1.30 bits per heavy atom. The van der Waals surface area contributed by atoms with Crippen LogP contribution in [0.3, 0.4) is 0 Å². The van der Waals surface area contributed by atoms with E-state index >= 15 is 0 Å². The fraction of sp³-hybridized carbons (Fsp3) is 0.500. The summed E-state index contributed by atoms with van der Waals surface area (Å²) in [6, 6.07) is 2.87. The minimum Gasteiger partial charge on any atom is -0.276 e. The van der Waals surface area contributed by atoms with Crippen LogP contribution in [0.1, 0.15) is 51.2 Å². The number of rotatable bonds is 4. The number of pyridine rings is 1. The van der Waals surface area contributed by atoms with Crippen LogP contribution in [0, 0.1) is 5.82 Å². The van der Waals surface area contributed by atoms with Crippen molar-refractivity contribution in [2.24, 2.45) is 0 Å². The van der Waals surface area contributed by atoms with Crippen molar-refractivity contribution in [1.82, 2.24) is 19.3 Å². The summed E-state index contributed by atoms with van der Waals surface area (Å²) in [4.78, 5) is 16.3. The lowest BCUT2D eigenvalue weighted by Gasteiger charge is -2.10. The monoisotopic (exact) mass is 278 g/mol. The molecule has 0 unspecified atom stereocenters. The molecule has 0 aliphatic heterocycles. The average Bonchev–Trinajstić information content (AvgIpc) is 2.70. The maximum Gasteiger partial charge on any atom is 0.346 e. The van der Waals surface area contributed by atoms with E-state index in [1.54, 1.807) is 4.57 Å². The van der Waals surface area contributed by atoms with Crippen LogP contribution >= 0.6 is 0 Å². The molecule has 0 bridgehead atoms. The molecule has 0 spiro atoms. The molecule has 0 fully saturated rings. The number of hydrogen-bond donors (Lipinski definition) is 0.